The SMILES string of the molecule is Cn1cc(C(=O)Nc2cccc(-c3nnc(NC4CCC5NNCC5C4Cl)s3)c2)cn1. The van der Waals surface area contributed by atoms with Crippen molar-refractivity contribution in [2.45, 2.75) is 30.3 Å². The molecule has 1 aliphatic carbocycles. The van der Waals surface area contributed by atoms with Crippen molar-refractivity contribution in [1.29, 1.82) is 0 Å². The van der Waals surface area contributed by atoms with E-state index in [9.17, 15) is 4.79 Å². The molecule has 2 aromatic heterocycles. The molecule has 0 bridgehead atoms. The summed E-state index contributed by atoms with van der Waals surface area (Å²) in [6.45, 7) is 0.885. The molecule has 5 rings (SSSR count). The number of alkyl halides is 1. The van der Waals surface area contributed by atoms with Crippen LogP contribution in [0.25, 0.3) is 10.6 Å². The number of hydrogen-bond donors (Lipinski definition) is 4. The number of hydrogen-bond acceptors (Lipinski definition) is 8. The number of fused-ring (bicyclic) bond motifs is 1. The fourth-order valence-corrected chi connectivity index (χ4v) is 5.43. The lowest BCUT2D eigenvalue weighted by Gasteiger charge is -2.35. The Balaban J connectivity index is 1.26. The van der Waals surface area contributed by atoms with Gasteiger partial charge in [0.25, 0.3) is 5.91 Å². The minimum atomic E-state index is -0.204. The van der Waals surface area contributed by atoms with Crippen LogP contribution in [-0.2, 0) is 7.05 Å². The molecule has 4 N–H and O–H groups in total. The number of rotatable bonds is 5. The number of aromatic nitrogens is 4. The predicted molar refractivity (Wildman–Crippen MR) is 121 cm³/mol. The van der Waals surface area contributed by atoms with E-state index in [0.717, 1.165) is 35.1 Å². The second-order valence-corrected chi connectivity index (χ2v) is 9.40. The molecule has 9 nitrogen and oxygen atoms in total. The maximum atomic E-state index is 12.4. The number of nitrogens with zero attached hydrogens (tertiary/aromatic N) is 4. The summed E-state index contributed by atoms with van der Waals surface area (Å²) in [5.74, 6) is 0.199. The van der Waals surface area contributed by atoms with Crippen molar-refractivity contribution in [2.24, 2.45) is 13.0 Å². The van der Waals surface area contributed by atoms with Gasteiger partial charge < -0.3 is 10.6 Å². The summed E-state index contributed by atoms with van der Waals surface area (Å²) in [5.41, 5.74) is 8.61. The minimum Gasteiger partial charge on any atom is -0.356 e. The smallest absolute Gasteiger partial charge is 0.258 e. The summed E-state index contributed by atoms with van der Waals surface area (Å²) >= 11 is 8.23. The second kappa shape index (κ2) is 8.54. The molecule has 162 valence electrons. The van der Waals surface area contributed by atoms with Crippen molar-refractivity contribution in [3.05, 3.63) is 42.2 Å². The van der Waals surface area contributed by atoms with Gasteiger partial charge in [-0.2, -0.15) is 5.10 Å². The number of carbonyl (C=O) groups excluding carboxylic acids is 1. The van der Waals surface area contributed by atoms with Gasteiger partial charge in [-0.1, -0.05) is 23.5 Å². The maximum absolute atomic E-state index is 12.4. The highest BCUT2D eigenvalue weighted by Gasteiger charge is 2.41. The van der Waals surface area contributed by atoms with E-state index in [1.807, 2.05) is 24.3 Å². The van der Waals surface area contributed by atoms with Crippen LogP contribution in [0.1, 0.15) is 23.2 Å². The monoisotopic (exact) mass is 458 g/mol. The van der Waals surface area contributed by atoms with Gasteiger partial charge in [0, 0.05) is 49.0 Å². The topological polar surface area (TPSA) is 109 Å². The molecule has 4 unspecified atom stereocenters. The minimum absolute atomic E-state index is 0.0274. The van der Waals surface area contributed by atoms with E-state index < -0.39 is 0 Å². The van der Waals surface area contributed by atoms with Crippen LogP contribution in [0.3, 0.4) is 0 Å². The molecular weight excluding hydrogens is 436 g/mol. The summed E-state index contributed by atoms with van der Waals surface area (Å²) in [5, 5.41) is 20.6. The van der Waals surface area contributed by atoms with Crippen LogP contribution in [0, 0.1) is 5.92 Å². The first-order valence-electron chi connectivity index (χ1n) is 10.2. The highest BCUT2D eigenvalue weighted by atomic mass is 35.5. The van der Waals surface area contributed by atoms with Crippen LogP contribution in [0.5, 0.6) is 0 Å². The lowest BCUT2D eigenvalue weighted by molar-refractivity contribution is 0.102. The van der Waals surface area contributed by atoms with Gasteiger partial charge in [0.05, 0.1) is 17.1 Å². The van der Waals surface area contributed by atoms with Gasteiger partial charge in [0.1, 0.15) is 5.01 Å². The average molecular weight is 459 g/mol. The number of halogens is 1. The normalized spacial score (nSPS) is 25.2. The van der Waals surface area contributed by atoms with Gasteiger partial charge in [-0.05, 0) is 25.0 Å². The zero-order valence-corrected chi connectivity index (χ0v) is 18.5. The van der Waals surface area contributed by atoms with Crippen LogP contribution in [0.2, 0.25) is 0 Å². The third-order valence-corrected chi connectivity index (χ3v) is 7.32. The highest BCUT2D eigenvalue weighted by Crippen LogP contribution is 2.34. The Morgan fingerprint density at radius 2 is 2.23 bits per heavy atom. The van der Waals surface area contributed by atoms with Gasteiger partial charge in [0.2, 0.25) is 5.13 Å². The van der Waals surface area contributed by atoms with E-state index in [0.29, 0.717) is 23.2 Å². The molecule has 1 amide bonds. The molecule has 1 saturated heterocycles. The Labute approximate surface area is 188 Å². The summed E-state index contributed by atoms with van der Waals surface area (Å²) < 4.78 is 1.60. The van der Waals surface area contributed by atoms with E-state index in [4.69, 9.17) is 11.6 Å². The van der Waals surface area contributed by atoms with E-state index in [-0.39, 0.29) is 17.3 Å². The molecule has 0 spiro atoms. The van der Waals surface area contributed by atoms with Crippen molar-refractivity contribution in [1.82, 2.24) is 30.8 Å². The molecule has 3 heterocycles. The summed E-state index contributed by atoms with van der Waals surface area (Å²) in [6, 6.07) is 8.18. The molecule has 2 aliphatic rings. The first-order valence-corrected chi connectivity index (χ1v) is 11.4. The molecule has 1 saturated carbocycles. The van der Waals surface area contributed by atoms with Crippen LogP contribution in [0.4, 0.5) is 10.8 Å². The third kappa shape index (κ3) is 4.29. The first-order chi connectivity index (χ1) is 15.1. The van der Waals surface area contributed by atoms with Crippen molar-refractivity contribution in [2.75, 3.05) is 17.2 Å². The zero-order valence-electron chi connectivity index (χ0n) is 16.9. The van der Waals surface area contributed by atoms with E-state index >= 15 is 0 Å². The van der Waals surface area contributed by atoms with Crippen molar-refractivity contribution >= 4 is 39.7 Å². The molecule has 11 heteroatoms. The Morgan fingerprint density at radius 3 is 3.06 bits per heavy atom. The number of anilines is 2. The number of hydrazine groups is 1. The quantitative estimate of drug-likeness (QED) is 0.435. The number of carbonyl (C=O) groups is 1. The summed E-state index contributed by atoms with van der Waals surface area (Å²) in [6.07, 6.45) is 5.27. The third-order valence-electron chi connectivity index (χ3n) is 5.79. The number of aryl methyl sites for hydroxylation is 1. The Bertz CT molecular complexity index is 1080. The fourth-order valence-electron chi connectivity index (χ4n) is 4.17. The van der Waals surface area contributed by atoms with E-state index in [1.54, 1.807) is 17.9 Å². The summed E-state index contributed by atoms with van der Waals surface area (Å²) in [4.78, 5) is 12.4. The lowest BCUT2D eigenvalue weighted by atomic mass is 9.82. The van der Waals surface area contributed by atoms with Gasteiger partial charge >= 0.3 is 0 Å². The maximum Gasteiger partial charge on any atom is 0.258 e. The van der Waals surface area contributed by atoms with Gasteiger partial charge in [-0.15, -0.1) is 21.8 Å². The van der Waals surface area contributed by atoms with Crippen LogP contribution < -0.4 is 21.5 Å². The highest BCUT2D eigenvalue weighted by molar-refractivity contribution is 7.18. The van der Waals surface area contributed by atoms with Crippen LogP contribution >= 0.6 is 22.9 Å². The number of benzene rings is 1. The Morgan fingerprint density at radius 1 is 1.32 bits per heavy atom. The molecule has 2 fully saturated rings. The van der Waals surface area contributed by atoms with Gasteiger partial charge in [-0.25, -0.2) is 0 Å². The standard InChI is InChI=1S/C20H23ClN8OS/c1-29-10-12(8-23-29)18(30)24-13-4-2-3-11(7-13)19-27-28-20(31-19)25-16-6-5-15-14(17(16)21)9-22-26-15/h2-4,7-8,10,14-17,22,26H,5-6,9H2,1H3,(H,24,30)(H,25,28). The Kier molecular flexibility index (Phi) is 5.61. The lowest BCUT2D eigenvalue weighted by Crippen LogP contribution is -2.47. The molecular formula is C20H23ClN8OS. The zero-order chi connectivity index (χ0) is 21.4. The molecule has 4 atom stereocenters. The average Bonchev–Trinajstić information content (AvgIpc) is 3.51. The fraction of sp³-hybridized carbons (Fsp3) is 0.400. The predicted octanol–water partition coefficient (Wildman–Crippen LogP) is 2.47. The van der Waals surface area contributed by atoms with Gasteiger partial charge in [-0.3, -0.25) is 20.3 Å². The molecule has 31 heavy (non-hydrogen) atoms. The van der Waals surface area contributed by atoms with Crippen molar-refractivity contribution in [3.63, 3.8) is 0 Å². The Hall–Kier alpha value is -2.53. The van der Waals surface area contributed by atoms with E-state index in [2.05, 4.69) is 36.8 Å². The number of nitrogens with one attached hydrogen (secondary N) is 4. The van der Waals surface area contributed by atoms with E-state index in [1.165, 1.54) is 17.5 Å². The molecule has 3 aromatic rings. The molecule has 0 radical (unpaired) electrons. The van der Waals surface area contributed by atoms with Crippen LogP contribution in [0.15, 0.2) is 36.7 Å². The summed E-state index contributed by atoms with van der Waals surface area (Å²) in [7, 11) is 1.78. The van der Waals surface area contributed by atoms with Crippen molar-refractivity contribution in [3.8, 4) is 10.6 Å². The molecule has 1 aliphatic heterocycles. The largest absolute Gasteiger partial charge is 0.356 e. The second-order valence-electron chi connectivity index (χ2n) is 7.92. The van der Waals surface area contributed by atoms with Gasteiger partial charge in [0.15, 0.2) is 0 Å². The van der Waals surface area contributed by atoms with Crippen LogP contribution in [-0.4, -0.2) is 49.9 Å². The first kappa shape index (κ1) is 20.4. The molecule has 1 aromatic carbocycles. The van der Waals surface area contributed by atoms with Crippen molar-refractivity contribution < 1.29 is 4.79 Å². The number of amides is 1.